The Labute approximate surface area is 129 Å². The van der Waals surface area contributed by atoms with Gasteiger partial charge in [-0.15, -0.1) is 0 Å². The van der Waals surface area contributed by atoms with E-state index in [1.807, 2.05) is 6.92 Å². The zero-order valence-electron chi connectivity index (χ0n) is 12.6. The number of rotatable bonds is 6. The molecular weight excluding hydrogens is 292 g/mol. The SMILES string of the molecule is CCCOC1CCCN(C(=O)c2ccccc2OC(F)F)C1. The lowest BCUT2D eigenvalue weighted by atomic mass is 10.1. The van der Waals surface area contributed by atoms with E-state index in [1.54, 1.807) is 17.0 Å². The van der Waals surface area contributed by atoms with Crippen LogP contribution in [0.15, 0.2) is 24.3 Å². The molecule has 1 unspecified atom stereocenters. The molecule has 1 aliphatic rings. The van der Waals surface area contributed by atoms with E-state index < -0.39 is 6.61 Å². The van der Waals surface area contributed by atoms with Gasteiger partial charge in [-0.2, -0.15) is 8.78 Å². The summed E-state index contributed by atoms with van der Waals surface area (Å²) in [5, 5.41) is 0. The van der Waals surface area contributed by atoms with Gasteiger partial charge < -0.3 is 14.4 Å². The molecule has 1 atom stereocenters. The summed E-state index contributed by atoms with van der Waals surface area (Å²) in [5.74, 6) is -0.375. The van der Waals surface area contributed by atoms with E-state index in [1.165, 1.54) is 12.1 Å². The molecule has 1 fully saturated rings. The van der Waals surface area contributed by atoms with Crippen LogP contribution in [-0.4, -0.2) is 43.2 Å². The van der Waals surface area contributed by atoms with Gasteiger partial charge in [-0.25, -0.2) is 0 Å². The Morgan fingerprint density at radius 3 is 2.91 bits per heavy atom. The largest absolute Gasteiger partial charge is 0.434 e. The highest BCUT2D eigenvalue weighted by Gasteiger charge is 2.27. The molecule has 1 aromatic rings. The minimum absolute atomic E-state index is 0.0147. The van der Waals surface area contributed by atoms with Gasteiger partial charge in [0.05, 0.1) is 11.7 Å². The van der Waals surface area contributed by atoms with E-state index in [0.717, 1.165) is 19.3 Å². The van der Waals surface area contributed by atoms with Crippen LogP contribution in [0.1, 0.15) is 36.5 Å². The molecule has 0 aromatic heterocycles. The van der Waals surface area contributed by atoms with Gasteiger partial charge in [-0.3, -0.25) is 4.79 Å². The third kappa shape index (κ3) is 4.40. The van der Waals surface area contributed by atoms with Crippen molar-refractivity contribution in [3.8, 4) is 5.75 Å². The number of amides is 1. The zero-order valence-corrected chi connectivity index (χ0v) is 12.6. The molecule has 122 valence electrons. The van der Waals surface area contributed by atoms with Crippen molar-refractivity contribution < 1.29 is 23.0 Å². The minimum atomic E-state index is -2.95. The summed E-state index contributed by atoms with van der Waals surface area (Å²) in [7, 11) is 0. The lowest BCUT2D eigenvalue weighted by molar-refractivity contribution is -0.0504. The van der Waals surface area contributed by atoms with Crippen LogP contribution in [0.5, 0.6) is 5.75 Å². The van der Waals surface area contributed by atoms with E-state index in [9.17, 15) is 13.6 Å². The van der Waals surface area contributed by atoms with Crippen LogP contribution in [-0.2, 0) is 4.74 Å². The standard InChI is InChI=1S/C16H21F2NO3/c1-2-10-21-12-6-5-9-19(11-12)15(20)13-7-3-4-8-14(13)22-16(17)18/h3-4,7-8,12,16H,2,5-6,9-11H2,1H3. The number of likely N-dealkylation sites (tertiary alicyclic amines) is 1. The number of carbonyl (C=O) groups is 1. The summed E-state index contributed by atoms with van der Waals surface area (Å²) in [6.45, 7) is 0.841. The topological polar surface area (TPSA) is 38.8 Å². The first-order valence-corrected chi connectivity index (χ1v) is 7.56. The molecule has 1 aliphatic heterocycles. The van der Waals surface area contributed by atoms with Crippen LogP contribution < -0.4 is 4.74 Å². The van der Waals surface area contributed by atoms with Gasteiger partial charge in [0.15, 0.2) is 0 Å². The fourth-order valence-corrected chi connectivity index (χ4v) is 2.56. The average Bonchev–Trinajstić information content (AvgIpc) is 2.52. The molecule has 2 rings (SSSR count). The number of nitrogens with zero attached hydrogens (tertiary/aromatic N) is 1. The van der Waals surface area contributed by atoms with Crippen LogP contribution >= 0.6 is 0 Å². The van der Waals surface area contributed by atoms with E-state index in [-0.39, 0.29) is 23.3 Å². The predicted molar refractivity (Wildman–Crippen MR) is 78.2 cm³/mol. The molecule has 0 aliphatic carbocycles. The van der Waals surface area contributed by atoms with Gasteiger partial charge in [0.2, 0.25) is 0 Å². The number of benzene rings is 1. The molecular formula is C16H21F2NO3. The third-order valence-electron chi connectivity index (χ3n) is 3.56. The first-order chi connectivity index (χ1) is 10.6. The maximum Gasteiger partial charge on any atom is 0.387 e. The lowest BCUT2D eigenvalue weighted by Crippen LogP contribution is -2.43. The number of piperidine rings is 1. The molecule has 1 saturated heterocycles. The zero-order chi connectivity index (χ0) is 15.9. The van der Waals surface area contributed by atoms with Crippen LogP contribution in [0.2, 0.25) is 0 Å². The van der Waals surface area contributed by atoms with Crippen molar-refractivity contribution in [2.45, 2.75) is 38.9 Å². The number of alkyl halides is 2. The van der Waals surface area contributed by atoms with Crippen molar-refractivity contribution in [3.05, 3.63) is 29.8 Å². The lowest BCUT2D eigenvalue weighted by Gasteiger charge is -2.33. The van der Waals surface area contributed by atoms with Crippen LogP contribution in [0, 0.1) is 0 Å². The summed E-state index contributed by atoms with van der Waals surface area (Å²) in [4.78, 5) is 14.2. The van der Waals surface area contributed by atoms with E-state index >= 15 is 0 Å². The highest BCUT2D eigenvalue weighted by molar-refractivity contribution is 5.97. The predicted octanol–water partition coefficient (Wildman–Crippen LogP) is 3.32. The van der Waals surface area contributed by atoms with Gasteiger partial charge in [-0.05, 0) is 31.4 Å². The second-order valence-corrected chi connectivity index (χ2v) is 5.26. The molecule has 0 bridgehead atoms. The Hall–Kier alpha value is -1.69. The summed E-state index contributed by atoms with van der Waals surface area (Å²) in [5.41, 5.74) is 0.166. The molecule has 0 radical (unpaired) electrons. The van der Waals surface area contributed by atoms with Crippen molar-refractivity contribution >= 4 is 5.91 Å². The smallest absolute Gasteiger partial charge is 0.387 e. The summed E-state index contributed by atoms with van der Waals surface area (Å²) in [6, 6.07) is 6.10. The number of halogens is 2. The average molecular weight is 313 g/mol. The van der Waals surface area contributed by atoms with Crippen LogP contribution in [0.4, 0.5) is 8.78 Å². The molecule has 0 saturated carbocycles. The summed E-state index contributed by atoms with van der Waals surface area (Å²) in [6.07, 6.45) is 2.70. The monoisotopic (exact) mass is 313 g/mol. The molecule has 0 N–H and O–H groups in total. The first kappa shape index (κ1) is 16.7. The maximum atomic E-state index is 12.6. The van der Waals surface area contributed by atoms with Crippen molar-refractivity contribution in [3.63, 3.8) is 0 Å². The fraction of sp³-hybridized carbons (Fsp3) is 0.562. The Kier molecular flexibility index (Phi) is 6.12. The van der Waals surface area contributed by atoms with E-state index in [2.05, 4.69) is 4.74 Å². The molecule has 1 aromatic carbocycles. The van der Waals surface area contributed by atoms with Gasteiger partial charge >= 0.3 is 6.61 Å². The fourth-order valence-electron chi connectivity index (χ4n) is 2.56. The van der Waals surface area contributed by atoms with Gasteiger partial charge in [0.25, 0.3) is 5.91 Å². The molecule has 4 nitrogen and oxygen atoms in total. The van der Waals surface area contributed by atoms with Crippen LogP contribution in [0.25, 0.3) is 0 Å². The molecule has 1 amide bonds. The van der Waals surface area contributed by atoms with Gasteiger partial charge in [0, 0.05) is 19.7 Å². The number of hydrogen-bond donors (Lipinski definition) is 0. The maximum absolute atomic E-state index is 12.6. The molecule has 1 heterocycles. The third-order valence-corrected chi connectivity index (χ3v) is 3.56. The van der Waals surface area contributed by atoms with Crippen LogP contribution in [0.3, 0.4) is 0 Å². The number of para-hydroxylation sites is 1. The quantitative estimate of drug-likeness (QED) is 0.809. The number of ether oxygens (including phenoxy) is 2. The number of hydrogen-bond acceptors (Lipinski definition) is 3. The first-order valence-electron chi connectivity index (χ1n) is 7.56. The second kappa shape index (κ2) is 8.08. The second-order valence-electron chi connectivity index (χ2n) is 5.26. The number of carbonyl (C=O) groups excluding carboxylic acids is 1. The molecule has 0 spiro atoms. The van der Waals surface area contributed by atoms with Crippen molar-refractivity contribution in [1.82, 2.24) is 4.90 Å². The highest BCUT2D eigenvalue weighted by Crippen LogP contribution is 2.24. The Balaban J connectivity index is 2.07. The normalized spacial score (nSPS) is 18.5. The Morgan fingerprint density at radius 1 is 1.41 bits per heavy atom. The summed E-state index contributed by atoms with van der Waals surface area (Å²) < 4.78 is 35.0. The molecule has 22 heavy (non-hydrogen) atoms. The summed E-state index contributed by atoms with van der Waals surface area (Å²) >= 11 is 0. The van der Waals surface area contributed by atoms with E-state index in [0.29, 0.717) is 19.7 Å². The Bertz CT molecular complexity index is 496. The van der Waals surface area contributed by atoms with Crippen molar-refractivity contribution in [2.75, 3.05) is 19.7 Å². The van der Waals surface area contributed by atoms with Gasteiger partial charge in [-0.1, -0.05) is 19.1 Å². The molecule has 6 heteroatoms. The van der Waals surface area contributed by atoms with Crippen molar-refractivity contribution in [1.29, 1.82) is 0 Å². The highest BCUT2D eigenvalue weighted by atomic mass is 19.3. The van der Waals surface area contributed by atoms with Crippen molar-refractivity contribution in [2.24, 2.45) is 0 Å². The van der Waals surface area contributed by atoms with E-state index in [4.69, 9.17) is 4.74 Å². The van der Waals surface area contributed by atoms with Gasteiger partial charge in [0.1, 0.15) is 5.75 Å². The minimum Gasteiger partial charge on any atom is -0.434 e. The Morgan fingerprint density at radius 2 is 2.18 bits per heavy atom.